The second-order valence-electron chi connectivity index (χ2n) is 9.57. The van der Waals surface area contributed by atoms with E-state index in [-0.39, 0.29) is 24.5 Å². The highest BCUT2D eigenvalue weighted by Crippen LogP contribution is 2.27. The molecule has 2 aromatic carbocycles. The second-order valence-corrected chi connectivity index (χ2v) is 9.57. The average Bonchev–Trinajstić information content (AvgIpc) is 3.06. The zero-order valence-electron chi connectivity index (χ0n) is 20.7. The lowest BCUT2D eigenvalue weighted by molar-refractivity contribution is -0.132. The lowest BCUT2D eigenvalue weighted by Crippen LogP contribution is -2.39. The van der Waals surface area contributed by atoms with Gasteiger partial charge < -0.3 is 19.4 Å². The predicted molar refractivity (Wildman–Crippen MR) is 139 cm³/mol. The molecule has 0 radical (unpaired) electrons. The SMILES string of the molecule is CN1CCCc2cc(C(=O)N3CC(=O)N(Cc4ccccc4)CC(OCc4ccccn4)C3)ccc21. The highest BCUT2D eigenvalue weighted by atomic mass is 16.5. The number of pyridine rings is 1. The molecule has 3 heterocycles. The molecule has 3 aromatic rings. The van der Waals surface area contributed by atoms with Gasteiger partial charge in [0.15, 0.2) is 0 Å². The first-order valence-electron chi connectivity index (χ1n) is 12.5. The minimum Gasteiger partial charge on any atom is -0.374 e. The van der Waals surface area contributed by atoms with E-state index < -0.39 is 0 Å². The van der Waals surface area contributed by atoms with Crippen LogP contribution in [0, 0.1) is 0 Å². The minimum absolute atomic E-state index is 0.0338. The Kier molecular flexibility index (Phi) is 7.28. The van der Waals surface area contributed by atoms with Crippen molar-refractivity contribution in [1.82, 2.24) is 14.8 Å². The van der Waals surface area contributed by atoms with Crippen molar-refractivity contribution in [1.29, 1.82) is 0 Å². The van der Waals surface area contributed by atoms with Crippen LogP contribution in [0.2, 0.25) is 0 Å². The average molecular weight is 485 g/mol. The number of hydrogen-bond acceptors (Lipinski definition) is 5. The molecule has 1 saturated heterocycles. The van der Waals surface area contributed by atoms with Crippen molar-refractivity contribution in [2.45, 2.75) is 32.1 Å². The largest absolute Gasteiger partial charge is 0.374 e. The van der Waals surface area contributed by atoms with Crippen molar-refractivity contribution < 1.29 is 14.3 Å². The van der Waals surface area contributed by atoms with Gasteiger partial charge in [-0.2, -0.15) is 0 Å². The van der Waals surface area contributed by atoms with E-state index in [1.807, 2.05) is 66.7 Å². The number of carbonyl (C=O) groups is 2. The summed E-state index contributed by atoms with van der Waals surface area (Å²) in [7, 11) is 2.08. The summed E-state index contributed by atoms with van der Waals surface area (Å²) < 4.78 is 6.23. The van der Waals surface area contributed by atoms with Crippen molar-refractivity contribution in [3.8, 4) is 0 Å². The van der Waals surface area contributed by atoms with E-state index in [0.29, 0.717) is 31.8 Å². The number of amides is 2. The maximum Gasteiger partial charge on any atom is 0.254 e. The Morgan fingerprint density at radius 2 is 1.89 bits per heavy atom. The van der Waals surface area contributed by atoms with Crippen LogP contribution in [0.15, 0.2) is 72.9 Å². The van der Waals surface area contributed by atoms with E-state index >= 15 is 0 Å². The number of aryl methyl sites for hydroxylation is 1. The standard InChI is InChI=1S/C29H32N4O3/c1-31-15-7-10-23-16-24(12-13-27(23)31)29(35)33-19-26(36-21-25-11-5-6-14-30-25)18-32(28(34)20-33)17-22-8-3-2-4-9-22/h2-6,8-9,11-14,16,26H,7,10,15,17-21H2,1H3. The van der Waals surface area contributed by atoms with Gasteiger partial charge in [-0.1, -0.05) is 36.4 Å². The highest BCUT2D eigenvalue weighted by molar-refractivity contribution is 5.97. The van der Waals surface area contributed by atoms with Gasteiger partial charge >= 0.3 is 0 Å². The molecule has 0 N–H and O–H groups in total. The normalized spacial score (nSPS) is 18.1. The summed E-state index contributed by atoms with van der Waals surface area (Å²) in [6.45, 7) is 2.63. The number of aromatic nitrogens is 1. The van der Waals surface area contributed by atoms with Crippen LogP contribution in [0.1, 0.15) is 33.6 Å². The van der Waals surface area contributed by atoms with Gasteiger partial charge in [-0.25, -0.2) is 0 Å². The number of nitrogens with zero attached hydrogens (tertiary/aromatic N) is 4. The first-order chi connectivity index (χ1) is 17.6. The fraction of sp³-hybridized carbons (Fsp3) is 0.345. The Hall–Kier alpha value is -3.71. The fourth-order valence-corrected chi connectivity index (χ4v) is 4.98. The summed E-state index contributed by atoms with van der Waals surface area (Å²) in [6.07, 6.45) is 3.44. The number of hydrogen-bond donors (Lipinski definition) is 0. The van der Waals surface area contributed by atoms with Gasteiger partial charge in [0.05, 0.1) is 18.4 Å². The summed E-state index contributed by atoms with van der Waals surface area (Å²) in [5, 5.41) is 0. The van der Waals surface area contributed by atoms with Gasteiger partial charge in [0.2, 0.25) is 5.91 Å². The number of fused-ring (bicyclic) bond motifs is 1. The molecule has 2 aliphatic heterocycles. The third kappa shape index (κ3) is 5.57. The summed E-state index contributed by atoms with van der Waals surface area (Å²) in [5.74, 6) is -0.207. The van der Waals surface area contributed by atoms with Crippen molar-refractivity contribution in [2.75, 3.05) is 38.1 Å². The second kappa shape index (κ2) is 10.9. The topological polar surface area (TPSA) is 66.0 Å². The van der Waals surface area contributed by atoms with Crippen LogP contribution in [0.4, 0.5) is 5.69 Å². The molecule has 1 atom stereocenters. The molecule has 36 heavy (non-hydrogen) atoms. The van der Waals surface area contributed by atoms with E-state index in [9.17, 15) is 9.59 Å². The number of ether oxygens (including phenoxy) is 1. The maximum atomic E-state index is 13.6. The molecule has 186 valence electrons. The highest BCUT2D eigenvalue weighted by Gasteiger charge is 2.32. The lowest BCUT2D eigenvalue weighted by Gasteiger charge is -2.28. The van der Waals surface area contributed by atoms with Crippen LogP contribution in [0.25, 0.3) is 0 Å². The smallest absolute Gasteiger partial charge is 0.254 e. The van der Waals surface area contributed by atoms with Crippen LogP contribution in [0.5, 0.6) is 0 Å². The van der Waals surface area contributed by atoms with Crippen LogP contribution < -0.4 is 4.90 Å². The summed E-state index contributed by atoms with van der Waals surface area (Å²) in [4.78, 5) is 37.0. The molecule has 7 nitrogen and oxygen atoms in total. The van der Waals surface area contributed by atoms with E-state index in [0.717, 1.165) is 30.6 Å². The Morgan fingerprint density at radius 3 is 2.69 bits per heavy atom. The molecule has 0 spiro atoms. The third-order valence-corrected chi connectivity index (χ3v) is 6.90. The molecular weight excluding hydrogens is 452 g/mol. The van der Waals surface area contributed by atoms with Crippen molar-refractivity contribution >= 4 is 17.5 Å². The molecule has 1 aromatic heterocycles. The molecule has 0 aliphatic carbocycles. The van der Waals surface area contributed by atoms with E-state index in [1.165, 1.54) is 11.3 Å². The van der Waals surface area contributed by atoms with Gasteiger partial charge in [-0.3, -0.25) is 14.6 Å². The van der Waals surface area contributed by atoms with Crippen molar-refractivity contribution in [3.63, 3.8) is 0 Å². The van der Waals surface area contributed by atoms with E-state index in [4.69, 9.17) is 4.74 Å². The molecule has 0 saturated carbocycles. The number of benzene rings is 2. The third-order valence-electron chi connectivity index (χ3n) is 6.90. The van der Waals surface area contributed by atoms with Gasteiger partial charge in [0, 0.05) is 50.7 Å². The number of rotatable bonds is 6. The molecule has 2 amide bonds. The molecule has 5 rings (SSSR count). The molecular formula is C29H32N4O3. The summed E-state index contributed by atoms with van der Waals surface area (Å²) >= 11 is 0. The maximum absolute atomic E-state index is 13.6. The Labute approximate surface area is 212 Å². The van der Waals surface area contributed by atoms with Crippen molar-refractivity contribution in [2.24, 2.45) is 0 Å². The zero-order chi connectivity index (χ0) is 24.9. The van der Waals surface area contributed by atoms with Crippen LogP contribution in [0.3, 0.4) is 0 Å². The molecule has 1 fully saturated rings. The van der Waals surface area contributed by atoms with Gasteiger partial charge in [0.1, 0.15) is 6.54 Å². The van der Waals surface area contributed by atoms with Gasteiger partial charge in [-0.05, 0) is 54.3 Å². The summed E-state index contributed by atoms with van der Waals surface area (Å²) in [5.41, 5.74) is 4.85. The molecule has 0 bridgehead atoms. The summed E-state index contributed by atoms with van der Waals surface area (Å²) in [6, 6.07) is 21.5. The number of carbonyl (C=O) groups excluding carboxylic acids is 2. The predicted octanol–water partition coefficient (Wildman–Crippen LogP) is 3.53. The molecule has 1 unspecified atom stereocenters. The molecule has 7 heteroatoms. The minimum atomic E-state index is -0.324. The number of anilines is 1. The fourth-order valence-electron chi connectivity index (χ4n) is 4.98. The van der Waals surface area contributed by atoms with Crippen molar-refractivity contribution in [3.05, 3.63) is 95.3 Å². The Bertz CT molecular complexity index is 1200. The van der Waals surface area contributed by atoms with Crippen LogP contribution in [-0.4, -0.2) is 65.9 Å². The zero-order valence-corrected chi connectivity index (χ0v) is 20.7. The Morgan fingerprint density at radius 1 is 1.06 bits per heavy atom. The van der Waals surface area contributed by atoms with Gasteiger partial charge in [-0.15, -0.1) is 0 Å². The van der Waals surface area contributed by atoms with Crippen LogP contribution >= 0.6 is 0 Å². The molecule has 2 aliphatic rings. The monoisotopic (exact) mass is 484 g/mol. The lowest BCUT2D eigenvalue weighted by atomic mass is 9.99. The van der Waals surface area contributed by atoms with E-state index in [1.54, 1.807) is 16.0 Å². The first kappa shape index (κ1) is 24.0. The van der Waals surface area contributed by atoms with Gasteiger partial charge in [0.25, 0.3) is 5.91 Å². The Balaban J connectivity index is 1.36. The first-order valence-corrected chi connectivity index (χ1v) is 12.5. The van der Waals surface area contributed by atoms with Crippen LogP contribution in [-0.2, 0) is 29.1 Å². The van der Waals surface area contributed by atoms with E-state index in [2.05, 4.69) is 16.9 Å². The quantitative estimate of drug-likeness (QED) is 0.536.